The Balaban J connectivity index is 2.21. The summed E-state index contributed by atoms with van der Waals surface area (Å²) in [6, 6.07) is 5.87. The van der Waals surface area contributed by atoms with Crippen molar-refractivity contribution in [3.8, 4) is 6.07 Å². The maximum atomic E-state index is 13.6. The second kappa shape index (κ2) is 19.0. The molecule has 1 aromatic rings. The van der Waals surface area contributed by atoms with Crippen LogP contribution < -0.4 is 0 Å². The molecule has 34 heavy (non-hydrogen) atoms. The molecule has 0 heterocycles. The van der Waals surface area contributed by atoms with Gasteiger partial charge in [0.05, 0.1) is 31.0 Å². The first-order valence-corrected chi connectivity index (χ1v) is 14.4. The lowest BCUT2D eigenvalue weighted by Crippen LogP contribution is -2.19. The number of nitrogens with zero attached hydrogens (tertiary/aromatic N) is 1. The first-order chi connectivity index (χ1) is 16.3. The monoisotopic (exact) mass is 499 g/mol. The number of benzene rings is 1. The predicted molar refractivity (Wildman–Crippen MR) is 133 cm³/mol. The average Bonchev–Trinajstić information content (AvgIpc) is 2.79. The zero-order valence-corrected chi connectivity index (χ0v) is 21.6. The molecule has 0 spiro atoms. The number of phosphoric ester groups is 1. The summed E-state index contributed by atoms with van der Waals surface area (Å²) in [4.78, 5) is 18.0. The Kier molecular flexibility index (Phi) is 17.1. The fraction of sp³-hybridized carbons (Fsp3) is 0.731. The number of halogens is 1. The Morgan fingerprint density at radius 3 is 1.94 bits per heavy atom. The molecule has 0 aliphatic heterocycles. The highest BCUT2D eigenvalue weighted by Crippen LogP contribution is 2.36. The topological polar surface area (TPSA) is 99.8 Å². The van der Waals surface area contributed by atoms with E-state index < -0.39 is 19.7 Å². The summed E-state index contributed by atoms with van der Waals surface area (Å²) in [6.45, 7) is 2.05. The molecule has 2 N–H and O–H groups in total. The van der Waals surface area contributed by atoms with E-state index in [1.807, 2.05) is 6.07 Å². The third-order valence-electron chi connectivity index (χ3n) is 5.88. The number of nitriles is 1. The maximum absolute atomic E-state index is 13.6. The third kappa shape index (κ3) is 17.2. The van der Waals surface area contributed by atoms with E-state index in [0.29, 0.717) is 12.0 Å². The Labute approximate surface area is 205 Å². The van der Waals surface area contributed by atoms with E-state index in [2.05, 4.69) is 11.4 Å². The SMILES string of the molecule is CCCCCCCCCCCCCCCCC(COP(=O)(O)O)OCc1cc(F)cc(C#N)c1. The van der Waals surface area contributed by atoms with E-state index in [0.717, 1.165) is 25.3 Å². The summed E-state index contributed by atoms with van der Waals surface area (Å²) in [5.74, 6) is -0.521. The Hall–Kier alpha value is -1.29. The highest BCUT2D eigenvalue weighted by Gasteiger charge is 2.19. The zero-order valence-electron chi connectivity index (χ0n) is 20.7. The summed E-state index contributed by atoms with van der Waals surface area (Å²) in [6.07, 6.45) is 17.6. The van der Waals surface area contributed by atoms with E-state index in [1.165, 1.54) is 82.8 Å². The van der Waals surface area contributed by atoms with Crippen LogP contribution in [0.25, 0.3) is 0 Å². The number of hydrogen-bond donors (Lipinski definition) is 2. The highest BCUT2D eigenvalue weighted by atomic mass is 31.2. The molecule has 0 amide bonds. The van der Waals surface area contributed by atoms with Crippen LogP contribution in [-0.2, 0) is 20.4 Å². The van der Waals surface area contributed by atoms with Crippen molar-refractivity contribution < 1.29 is 28.0 Å². The molecule has 0 radical (unpaired) electrons. The quantitative estimate of drug-likeness (QED) is 0.134. The Morgan fingerprint density at radius 1 is 0.912 bits per heavy atom. The van der Waals surface area contributed by atoms with E-state index in [4.69, 9.17) is 19.8 Å². The summed E-state index contributed by atoms with van der Waals surface area (Å²) >= 11 is 0. The van der Waals surface area contributed by atoms with Crippen molar-refractivity contribution in [2.24, 2.45) is 0 Å². The number of phosphoric acid groups is 1. The molecule has 0 bridgehead atoms. The van der Waals surface area contributed by atoms with Crippen LogP contribution in [0.3, 0.4) is 0 Å². The van der Waals surface area contributed by atoms with Crippen LogP contribution in [0.2, 0.25) is 0 Å². The molecule has 8 heteroatoms. The average molecular weight is 500 g/mol. The van der Waals surface area contributed by atoms with Gasteiger partial charge in [0.1, 0.15) is 5.82 Å². The second-order valence-corrected chi connectivity index (χ2v) is 10.3. The molecule has 0 fully saturated rings. The van der Waals surface area contributed by atoms with Gasteiger partial charge in [-0.05, 0) is 30.2 Å². The Morgan fingerprint density at radius 2 is 1.44 bits per heavy atom. The first-order valence-electron chi connectivity index (χ1n) is 12.8. The number of unbranched alkanes of at least 4 members (excludes halogenated alkanes) is 13. The van der Waals surface area contributed by atoms with E-state index in [-0.39, 0.29) is 18.8 Å². The van der Waals surface area contributed by atoms with Crippen molar-refractivity contribution in [2.75, 3.05) is 6.61 Å². The van der Waals surface area contributed by atoms with Crippen LogP contribution in [-0.4, -0.2) is 22.5 Å². The molecule has 0 saturated carbocycles. The lowest BCUT2D eigenvalue weighted by Gasteiger charge is -2.18. The number of ether oxygens (including phenoxy) is 1. The van der Waals surface area contributed by atoms with Crippen molar-refractivity contribution in [1.29, 1.82) is 5.26 Å². The van der Waals surface area contributed by atoms with Gasteiger partial charge in [-0.15, -0.1) is 0 Å². The van der Waals surface area contributed by atoms with Crippen molar-refractivity contribution in [3.05, 3.63) is 35.1 Å². The van der Waals surface area contributed by atoms with Gasteiger partial charge in [0, 0.05) is 0 Å². The van der Waals surface area contributed by atoms with Gasteiger partial charge < -0.3 is 14.5 Å². The maximum Gasteiger partial charge on any atom is 0.469 e. The van der Waals surface area contributed by atoms with Crippen molar-refractivity contribution >= 4 is 7.82 Å². The molecule has 194 valence electrons. The summed E-state index contributed by atoms with van der Waals surface area (Å²) in [5, 5.41) is 8.97. The molecule has 1 rings (SSSR count). The van der Waals surface area contributed by atoms with Crippen molar-refractivity contribution in [3.63, 3.8) is 0 Å². The Bertz CT molecular complexity index is 749. The van der Waals surface area contributed by atoms with Gasteiger partial charge in [-0.1, -0.05) is 96.8 Å². The van der Waals surface area contributed by atoms with Crippen molar-refractivity contribution in [1.82, 2.24) is 0 Å². The standard InChI is InChI=1S/C26H43FNO5P/c1-2-3-4-5-6-7-8-9-10-11-12-13-14-15-16-26(22-33-34(29,30)31)32-21-24-17-23(20-28)18-25(27)19-24/h17-19,26H,2-16,21-22H2,1H3,(H2,29,30,31). The van der Waals surface area contributed by atoms with Crippen LogP contribution in [0, 0.1) is 17.1 Å². The fourth-order valence-corrected chi connectivity index (χ4v) is 4.33. The number of rotatable bonds is 21. The van der Waals surface area contributed by atoms with Gasteiger partial charge >= 0.3 is 7.82 Å². The lowest BCUT2D eigenvalue weighted by atomic mass is 10.0. The minimum atomic E-state index is -4.59. The largest absolute Gasteiger partial charge is 0.469 e. The predicted octanol–water partition coefficient (Wildman–Crippen LogP) is 7.56. The molecule has 0 saturated heterocycles. The summed E-state index contributed by atoms with van der Waals surface area (Å²) in [5.41, 5.74) is 0.701. The van der Waals surface area contributed by atoms with Gasteiger partial charge in [0.15, 0.2) is 0 Å². The molecular weight excluding hydrogens is 456 g/mol. The van der Waals surface area contributed by atoms with E-state index in [9.17, 15) is 8.96 Å². The molecule has 0 aliphatic carbocycles. The summed E-state index contributed by atoms with van der Waals surface area (Å²) < 4.78 is 35.1. The number of hydrogen-bond acceptors (Lipinski definition) is 4. The van der Waals surface area contributed by atoms with E-state index >= 15 is 0 Å². The van der Waals surface area contributed by atoms with Crippen molar-refractivity contribution in [2.45, 2.75) is 116 Å². The molecule has 1 atom stereocenters. The van der Waals surface area contributed by atoms with Gasteiger partial charge in [0.25, 0.3) is 0 Å². The van der Waals surface area contributed by atoms with Gasteiger partial charge in [-0.25, -0.2) is 8.96 Å². The minimum Gasteiger partial charge on any atom is -0.371 e. The summed E-state index contributed by atoms with van der Waals surface area (Å²) in [7, 11) is -4.59. The van der Waals surface area contributed by atoms with E-state index in [1.54, 1.807) is 0 Å². The first kappa shape index (κ1) is 30.7. The fourth-order valence-electron chi connectivity index (χ4n) is 3.97. The van der Waals surface area contributed by atoms with Crippen LogP contribution in [0.15, 0.2) is 18.2 Å². The molecule has 6 nitrogen and oxygen atoms in total. The van der Waals surface area contributed by atoms with Gasteiger partial charge in [-0.2, -0.15) is 5.26 Å². The molecule has 1 aromatic carbocycles. The van der Waals surface area contributed by atoms with Crippen LogP contribution in [0.1, 0.15) is 114 Å². The van der Waals surface area contributed by atoms with Gasteiger partial charge in [0.2, 0.25) is 0 Å². The lowest BCUT2D eigenvalue weighted by molar-refractivity contribution is -0.00383. The molecule has 0 aromatic heterocycles. The second-order valence-electron chi connectivity index (χ2n) is 9.06. The smallest absolute Gasteiger partial charge is 0.371 e. The third-order valence-corrected chi connectivity index (χ3v) is 6.37. The molecular formula is C26H43FNO5P. The van der Waals surface area contributed by atoms with Crippen LogP contribution in [0.5, 0.6) is 0 Å². The van der Waals surface area contributed by atoms with Crippen LogP contribution >= 0.6 is 7.82 Å². The minimum absolute atomic E-state index is 0.0419. The normalized spacial score (nSPS) is 12.6. The zero-order chi connectivity index (χ0) is 25.1. The van der Waals surface area contributed by atoms with Gasteiger partial charge in [-0.3, -0.25) is 4.52 Å². The molecule has 1 unspecified atom stereocenters. The van der Waals surface area contributed by atoms with Crippen LogP contribution in [0.4, 0.5) is 4.39 Å². The highest BCUT2D eigenvalue weighted by molar-refractivity contribution is 7.46. The molecule has 0 aliphatic rings.